The fourth-order valence-electron chi connectivity index (χ4n) is 1.59. The van der Waals surface area contributed by atoms with Gasteiger partial charge in [-0.1, -0.05) is 35.0 Å². The van der Waals surface area contributed by atoms with Gasteiger partial charge in [0, 0.05) is 10.5 Å². The van der Waals surface area contributed by atoms with Crippen LogP contribution in [-0.2, 0) is 4.74 Å². The molecule has 0 heterocycles. The van der Waals surface area contributed by atoms with Crippen LogP contribution < -0.4 is 5.73 Å². The quantitative estimate of drug-likeness (QED) is 0.872. The third-order valence-electron chi connectivity index (χ3n) is 2.87. The summed E-state index contributed by atoms with van der Waals surface area (Å²) in [5.41, 5.74) is 6.52. The molecule has 1 aromatic carbocycles. The number of benzene rings is 1. The number of hydrogen-bond donors (Lipinski definition) is 1. The lowest BCUT2D eigenvalue weighted by Gasteiger charge is -2.28. The van der Waals surface area contributed by atoms with Crippen LogP contribution in [0.4, 0.5) is 13.2 Å². The van der Waals surface area contributed by atoms with Crippen molar-refractivity contribution in [3.8, 4) is 0 Å². The number of halogens is 4. The van der Waals surface area contributed by atoms with Gasteiger partial charge in [0.2, 0.25) is 0 Å². The molecule has 6 heteroatoms. The van der Waals surface area contributed by atoms with Gasteiger partial charge in [0.1, 0.15) is 0 Å². The van der Waals surface area contributed by atoms with Gasteiger partial charge in [-0.3, -0.25) is 0 Å². The summed E-state index contributed by atoms with van der Waals surface area (Å²) in [6.07, 6.45) is -6.47. The van der Waals surface area contributed by atoms with E-state index < -0.39 is 24.4 Å². The first kappa shape index (κ1) is 16.5. The molecule has 19 heavy (non-hydrogen) atoms. The highest BCUT2D eigenvalue weighted by Gasteiger charge is 2.39. The summed E-state index contributed by atoms with van der Waals surface area (Å²) in [7, 11) is 0. The molecule has 0 aliphatic rings. The Morgan fingerprint density at radius 1 is 1.26 bits per heavy atom. The summed E-state index contributed by atoms with van der Waals surface area (Å²) in [6.45, 7) is 2.81. The van der Waals surface area contributed by atoms with Gasteiger partial charge in [0.05, 0.1) is 6.10 Å². The van der Waals surface area contributed by atoms with E-state index in [1.165, 1.54) is 0 Å². The molecule has 2 nitrogen and oxygen atoms in total. The molecule has 1 aromatic rings. The van der Waals surface area contributed by atoms with Crippen LogP contribution in [-0.4, -0.2) is 18.3 Å². The Kier molecular flexibility index (Phi) is 5.82. The summed E-state index contributed by atoms with van der Waals surface area (Å²) in [4.78, 5) is 0. The van der Waals surface area contributed by atoms with Crippen LogP contribution in [0.2, 0.25) is 0 Å². The second kappa shape index (κ2) is 6.72. The van der Waals surface area contributed by atoms with E-state index in [-0.39, 0.29) is 0 Å². The van der Waals surface area contributed by atoms with E-state index in [1.807, 2.05) is 6.92 Å². The molecule has 0 spiro atoms. The summed E-state index contributed by atoms with van der Waals surface area (Å²) < 4.78 is 43.7. The van der Waals surface area contributed by atoms with Crippen LogP contribution in [0.25, 0.3) is 0 Å². The zero-order valence-corrected chi connectivity index (χ0v) is 12.3. The molecule has 2 N–H and O–H groups in total. The topological polar surface area (TPSA) is 35.2 Å². The van der Waals surface area contributed by atoms with Crippen LogP contribution >= 0.6 is 15.9 Å². The Bertz CT molecular complexity index is 394. The summed E-state index contributed by atoms with van der Waals surface area (Å²) in [6, 6.07) is 6.46. The lowest BCUT2D eigenvalue weighted by atomic mass is 10.0. The first-order valence-corrected chi connectivity index (χ1v) is 6.78. The van der Waals surface area contributed by atoms with Crippen molar-refractivity contribution in [2.45, 2.75) is 44.7 Å². The minimum atomic E-state index is -4.39. The highest BCUT2D eigenvalue weighted by Crippen LogP contribution is 2.31. The van der Waals surface area contributed by atoms with E-state index >= 15 is 0 Å². The predicted molar refractivity (Wildman–Crippen MR) is 71.8 cm³/mol. The van der Waals surface area contributed by atoms with Gasteiger partial charge in [-0.05, 0) is 31.0 Å². The minimum absolute atomic E-state index is 0.481. The Hall–Kier alpha value is -0.590. The van der Waals surface area contributed by atoms with Gasteiger partial charge in [0.15, 0.2) is 6.10 Å². The van der Waals surface area contributed by atoms with Crippen molar-refractivity contribution < 1.29 is 17.9 Å². The van der Waals surface area contributed by atoms with Crippen molar-refractivity contribution in [2.24, 2.45) is 5.73 Å². The first-order valence-electron chi connectivity index (χ1n) is 5.99. The Balaban J connectivity index is 2.92. The Labute approximate surface area is 119 Å². The van der Waals surface area contributed by atoms with Gasteiger partial charge in [-0.15, -0.1) is 0 Å². The standard InChI is InChI=1S/C13H17BrF3NO/c1-3-11(18)12(19-8(2)13(15,16)17)9-4-6-10(14)7-5-9/h4-8,11-12H,3,18H2,1-2H3. The van der Waals surface area contributed by atoms with Crippen LogP contribution in [0, 0.1) is 0 Å². The molecule has 0 fully saturated rings. The molecule has 3 unspecified atom stereocenters. The van der Waals surface area contributed by atoms with Gasteiger partial charge in [0.25, 0.3) is 0 Å². The first-order chi connectivity index (χ1) is 8.75. The molecule has 0 radical (unpaired) electrons. The summed E-state index contributed by atoms with van der Waals surface area (Å²) in [5, 5.41) is 0. The van der Waals surface area contributed by atoms with Gasteiger partial charge in [-0.2, -0.15) is 13.2 Å². The fraction of sp³-hybridized carbons (Fsp3) is 0.538. The number of ether oxygens (including phenoxy) is 1. The van der Waals surface area contributed by atoms with E-state index in [0.29, 0.717) is 12.0 Å². The van der Waals surface area contributed by atoms with Crippen molar-refractivity contribution >= 4 is 15.9 Å². The maximum atomic E-state index is 12.6. The summed E-state index contributed by atoms with van der Waals surface area (Å²) in [5.74, 6) is 0. The van der Waals surface area contributed by atoms with Crippen molar-refractivity contribution in [3.05, 3.63) is 34.3 Å². The average molecular weight is 340 g/mol. The van der Waals surface area contributed by atoms with Crippen LogP contribution in [0.3, 0.4) is 0 Å². The van der Waals surface area contributed by atoms with Gasteiger partial charge < -0.3 is 10.5 Å². The summed E-state index contributed by atoms with van der Waals surface area (Å²) >= 11 is 3.28. The minimum Gasteiger partial charge on any atom is -0.360 e. The lowest BCUT2D eigenvalue weighted by molar-refractivity contribution is -0.229. The molecular weight excluding hydrogens is 323 g/mol. The molecule has 0 aromatic heterocycles. The predicted octanol–water partition coefficient (Wildman–Crippen LogP) is 4.19. The van der Waals surface area contributed by atoms with Gasteiger partial charge in [-0.25, -0.2) is 0 Å². The van der Waals surface area contributed by atoms with Crippen molar-refractivity contribution in [1.29, 1.82) is 0 Å². The smallest absolute Gasteiger partial charge is 0.360 e. The lowest BCUT2D eigenvalue weighted by Crippen LogP contribution is -2.37. The monoisotopic (exact) mass is 339 g/mol. The highest BCUT2D eigenvalue weighted by molar-refractivity contribution is 9.10. The van der Waals surface area contributed by atoms with E-state index in [4.69, 9.17) is 10.5 Å². The van der Waals surface area contributed by atoms with Crippen molar-refractivity contribution in [3.63, 3.8) is 0 Å². The van der Waals surface area contributed by atoms with Crippen LogP contribution in [0.1, 0.15) is 31.9 Å². The van der Waals surface area contributed by atoms with Gasteiger partial charge >= 0.3 is 6.18 Å². The van der Waals surface area contributed by atoms with Crippen LogP contribution in [0.5, 0.6) is 0 Å². The largest absolute Gasteiger partial charge is 0.414 e. The molecule has 0 saturated carbocycles. The molecule has 3 atom stereocenters. The van der Waals surface area contributed by atoms with Crippen molar-refractivity contribution in [2.75, 3.05) is 0 Å². The molecule has 1 rings (SSSR count). The molecule has 0 saturated heterocycles. The Morgan fingerprint density at radius 3 is 2.21 bits per heavy atom. The molecule has 0 aliphatic carbocycles. The normalized spacial score (nSPS) is 17.0. The van der Waals surface area contributed by atoms with E-state index in [0.717, 1.165) is 11.4 Å². The van der Waals surface area contributed by atoms with E-state index in [2.05, 4.69) is 15.9 Å². The molecular formula is C13H17BrF3NO. The average Bonchev–Trinajstić information content (AvgIpc) is 2.35. The van der Waals surface area contributed by atoms with Crippen molar-refractivity contribution in [1.82, 2.24) is 0 Å². The maximum Gasteiger partial charge on any atom is 0.414 e. The van der Waals surface area contributed by atoms with Crippen LogP contribution in [0.15, 0.2) is 28.7 Å². The third kappa shape index (κ3) is 4.78. The fourth-order valence-corrected chi connectivity index (χ4v) is 1.85. The Morgan fingerprint density at radius 2 is 1.79 bits per heavy atom. The molecule has 0 amide bonds. The third-order valence-corrected chi connectivity index (χ3v) is 3.40. The number of hydrogen-bond acceptors (Lipinski definition) is 2. The highest BCUT2D eigenvalue weighted by atomic mass is 79.9. The van der Waals surface area contributed by atoms with E-state index in [9.17, 15) is 13.2 Å². The number of rotatable bonds is 5. The van der Waals surface area contributed by atoms with E-state index in [1.54, 1.807) is 24.3 Å². The second-order valence-corrected chi connectivity index (χ2v) is 5.28. The number of nitrogens with two attached hydrogens (primary N) is 1. The zero-order chi connectivity index (χ0) is 14.6. The maximum absolute atomic E-state index is 12.6. The zero-order valence-electron chi connectivity index (χ0n) is 10.7. The molecule has 108 valence electrons. The molecule has 0 bridgehead atoms. The SMILES string of the molecule is CCC(N)C(OC(C)C(F)(F)F)c1ccc(Br)cc1. The molecule has 0 aliphatic heterocycles. The second-order valence-electron chi connectivity index (χ2n) is 4.36. The number of alkyl halides is 3.